The van der Waals surface area contributed by atoms with Crippen LogP contribution >= 0.6 is 11.8 Å². The van der Waals surface area contributed by atoms with Crippen LogP contribution in [0.25, 0.3) is 0 Å². The fourth-order valence-electron chi connectivity index (χ4n) is 1.51. The van der Waals surface area contributed by atoms with Gasteiger partial charge in [0.15, 0.2) is 0 Å². The van der Waals surface area contributed by atoms with E-state index < -0.39 is 11.7 Å². The second kappa shape index (κ2) is 4.81. The Morgan fingerprint density at radius 2 is 2.11 bits per heavy atom. The molecule has 1 aliphatic heterocycles. The number of hydrogen-bond donors (Lipinski definition) is 2. The number of benzene rings is 1. The van der Waals surface area contributed by atoms with E-state index >= 15 is 0 Å². The number of hydrogen-bond acceptors (Lipinski definition) is 4. The number of nitrogens with one attached hydrogen (secondary N) is 2. The minimum absolute atomic E-state index is 0.0671. The highest BCUT2D eigenvalue weighted by Gasteiger charge is 2.23. The summed E-state index contributed by atoms with van der Waals surface area (Å²) in [6.07, 6.45) is 0. The lowest BCUT2D eigenvalue weighted by Gasteiger charge is -2.21. The highest BCUT2D eigenvalue weighted by Crippen LogP contribution is 2.36. The number of ketones is 1. The van der Waals surface area contributed by atoms with E-state index in [2.05, 4.69) is 10.6 Å². The molecule has 94 valence electrons. The van der Waals surface area contributed by atoms with Gasteiger partial charge in [0.05, 0.1) is 10.9 Å². The van der Waals surface area contributed by atoms with E-state index in [1.807, 2.05) is 13.0 Å². The Hall–Kier alpha value is -1.82. The third-order valence-electron chi connectivity index (χ3n) is 2.49. The molecule has 1 aliphatic rings. The Labute approximate surface area is 108 Å². The third kappa shape index (κ3) is 2.53. The van der Waals surface area contributed by atoms with Gasteiger partial charge in [-0.1, -0.05) is 0 Å². The summed E-state index contributed by atoms with van der Waals surface area (Å²) in [6.45, 7) is 3.03. The third-order valence-corrected chi connectivity index (χ3v) is 3.67. The fourth-order valence-corrected chi connectivity index (χ4v) is 2.44. The van der Waals surface area contributed by atoms with Crippen molar-refractivity contribution in [3.63, 3.8) is 0 Å². The minimum Gasteiger partial charge on any atom is -0.324 e. The molecule has 0 saturated heterocycles. The van der Waals surface area contributed by atoms with Crippen LogP contribution in [0.15, 0.2) is 23.1 Å². The topological polar surface area (TPSA) is 75.3 Å². The van der Waals surface area contributed by atoms with Crippen LogP contribution in [-0.2, 0) is 14.4 Å². The Morgan fingerprint density at radius 1 is 1.39 bits per heavy atom. The van der Waals surface area contributed by atoms with Gasteiger partial charge in [0.1, 0.15) is 0 Å². The van der Waals surface area contributed by atoms with Crippen molar-refractivity contribution < 1.29 is 14.4 Å². The lowest BCUT2D eigenvalue weighted by molar-refractivity contribution is -0.133. The molecule has 1 aromatic carbocycles. The van der Waals surface area contributed by atoms with Crippen LogP contribution in [0.5, 0.6) is 0 Å². The summed E-state index contributed by atoms with van der Waals surface area (Å²) in [5.41, 5.74) is 1.15. The number of anilines is 2. The molecule has 1 atom stereocenters. The van der Waals surface area contributed by atoms with E-state index in [0.717, 1.165) is 4.90 Å². The Kier molecular flexibility index (Phi) is 3.38. The molecule has 0 fully saturated rings. The van der Waals surface area contributed by atoms with Crippen molar-refractivity contribution in [2.75, 3.05) is 10.6 Å². The molecule has 0 aliphatic carbocycles. The molecule has 2 amide bonds. The molecular weight excluding hydrogens is 252 g/mol. The summed E-state index contributed by atoms with van der Waals surface area (Å²) in [7, 11) is 0. The number of carbonyl (C=O) groups excluding carboxylic acids is 3. The molecule has 0 aromatic heterocycles. The van der Waals surface area contributed by atoms with Gasteiger partial charge in [0.2, 0.25) is 11.7 Å². The highest BCUT2D eigenvalue weighted by molar-refractivity contribution is 8.00. The smallest absolute Gasteiger partial charge is 0.291 e. The average Bonchev–Trinajstić information content (AvgIpc) is 2.31. The number of fused-ring (bicyclic) bond motifs is 1. The monoisotopic (exact) mass is 264 g/mol. The summed E-state index contributed by atoms with van der Waals surface area (Å²) in [5.74, 6) is -1.29. The molecule has 0 radical (unpaired) electrons. The first-order valence-corrected chi connectivity index (χ1v) is 6.29. The van der Waals surface area contributed by atoms with Crippen molar-refractivity contribution in [3.8, 4) is 0 Å². The second-order valence-corrected chi connectivity index (χ2v) is 5.35. The number of thioether (sulfide) groups is 1. The van der Waals surface area contributed by atoms with Crippen molar-refractivity contribution in [1.29, 1.82) is 0 Å². The van der Waals surface area contributed by atoms with Gasteiger partial charge in [0.25, 0.3) is 5.91 Å². The molecule has 0 bridgehead atoms. The maximum Gasteiger partial charge on any atom is 0.291 e. The number of carbonyl (C=O) groups is 3. The summed E-state index contributed by atoms with van der Waals surface area (Å²) in [4.78, 5) is 34.6. The standard InChI is InChI=1S/C12H12N2O3S/c1-6(15)11(16)13-8-3-4-10-9(5-8)14-12(17)7(2)18-10/h3-5,7H,1-2H3,(H,13,16)(H,14,17). The maximum atomic E-state index is 11.5. The van der Waals surface area contributed by atoms with Crippen molar-refractivity contribution >= 4 is 40.7 Å². The zero-order chi connectivity index (χ0) is 13.3. The Morgan fingerprint density at radius 3 is 2.78 bits per heavy atom. The molecule has 18 heavy (non-hydrogen) atoms. The van der Waals surface area contributed by atoms with Crippen LogP contribution in [0.3, 0.4) is 0 Å². The quantitative estimate of drug-likeness (QED) is 0.796. The van der Waals surface area contributed by atoms with Crippen molar-refractivity contribution in [2.24, 2.45) is 0 Å². The van der Waals surface area contributed by atoms with E-state index in [4.69, 9.17) is 0 Å². The Bertz CT molecular complexity index is 542. The maximum absolute atomic E-state index is 11.5. The predicted octanol–water partition coefficient (Wildman–Crippen LogP) is 1.65. The first kappa shape index (κ1) is 12.6. The van der Waals surface area contributed by atoms with Crippen LogP contribution in [0.2, 0.25) is 0 Å². The normalized spacial score (nSPS) is 17.7. The van der Waals surface area contributed by atoms with Crippen molar-refractivity contribution in [2.45, 2.75) is 24.0 Å². The highest BCUT2D eigenvalue weighted by atomic mass is 32.2. The predicted molar refractivity (Wildman–Crippen MR) is 69.7 cm³/mol. The van der Waals surface area contributed by atoms with Crippen LogP contribution < -0.4 is 10.6 Å². The van der Waals surface area contributed by atoms with Gasteiger partial charge in [-0.05, 0) is 25.1 Å². The molecule has 6 heteroatoms. The molecule has 2 N–H and O–H groups in total. The molecule has 5 nitrogen and oxygen atoms in total. The van der Waals surface area contributed by atoms with E-state index in [1.54, 1.807) is 12.1 Å². The fraction of sp³-hybridized carbons (Fsp3) is 0.250. The Balaban J connectivity index is 2.22. The van der Waals surface area contributed by atoms with Gasteiger partial charge < -0.3 is 10.6 Å². The van der Waals surface area contributed by atoms with Gasteiger partial charge in [-0.15, -0.1) is 11.8 Å². The van der Waals surface area contributed by atoms with Crippen molar-refractivity contribution in [3.05, 3.63) is 18.2 Å². The van der Waals surface area contributed by atoms with E-state index in [0.29, 0.717) is 11.4 Å². The average molecular weight is 264 g/mol. The summed E-state index contributed by atoms with van der Waals surface area (Å²) < 4.78 is 0. The van der Waals surface area contributed by atoms with Crippen LogP contribution in [0, 0.1) is 0 Å². The lowest BCUT2D eigenvalue weighted by Crippen LogP contribution is -2.26. The first-order valence-electron chi connectivity index (χ1n) is 5.41. The van der Waals surface area contributed by atoms with Gasteiger partial charge >= 0.3 is 0 Å². The largest absolute Gasteiger partial charge is 0.324 e. The molecule has 1 aromatic rings. The molecule has 1 unspecified atom stereocenters. The zero-order valence-corrected chi connectivity index (χ0v) is 10.8. The molecule has 0 spiro atoms. The molecule has 0 saturated carbocycles. The molecule has 1 heterocycles. The van der Waals surface area contributed by atoms with E-state index in [9.17, 15) is 14.4 Å². The summed E-state index contributed by atoms with van der Waals surface area (Å²) in [6, 6.07) is 5.16. The number of rotatable bonds is 2. The number of Topliss-reactive ketones (excluding diaryl/α,β-unsaturated/α-hetero) is 1. The summed E-state index contributed by atoms with van der Waals surface area (Å²) in [5, 5.41) is 5.10. The van der Waals surface area contributed by atoms with Crippen molar-refractivity contribution in [1.82, 2.24) is 0 Å². The van der Waals surface area contributed by atoms with Gasteiger partial charge in [-0.3, -0.25) is 14.4 Å². The first-order chi connectivity index (χ1) is 8.47. The van der Waals surface area contributed by atoms with Gasteiger partial charge in [0, 0.05) is 17.5 Å². The zero-order valence-electron chi connectivity index (χ0n) is 9.94. The van der Waals surface area contributed by atoms with Gasteiger partial charge in [-0.25, -0.2) is 0 Å². The second-order valence-electron chi connectivity index (χ2n) is 3.97. The number of amides is 2. The molecule has 2 rings (SSSR count). The van der Waals surface area contributed by atoms with E-state index in [1.165, 1.54) is 18.7 Å². The van der Waals surface area contributed by atoms with E-state index in [-0.39, 0.29) is 11.2 Å². The SMILES string of the molecule is CC(=O)C(=O)Nc1ccc2c(c1)NC(=O)C(C)S2. The van der Waals surface area contributed by atoms with Crippen LogP contribution in [0.1, 0.15) is 13.8 Å². The molecular formula is C12H12N2O3S. The van der Waals surface area contributed by atoms with Gasteiger partial charge in [-0.2, -0.15) is 0 Å². The minimum atomic E-state index is -0.668. The van der Waals surface area contributed by atoms with Crippen LogP contribution in [0.4, 0.5) is 11.4 Å². The van der Waals surface area contributed by atoms with Crippen LogP contribution in [-0.4, -0.2) is 22.8 Å². The lowest BCUT2D eigenvalue weighted by atomic mass is 10.2. The summed E-state index contributed by atoms with van der Waals surface area (Å²) >= 11 is 1.46.